The van der Waals surface area contributed by atoms with Crippen LogP contribution in [0.15, 0.2) is 42.5 Å². The van der Waals surface area contributed by atoms with Crippen LogP contribution in [0.3, 0.4) is 0 Å². The maximum atomic E-state index is 5.55. The van der Waals surface area contributed by atoms with Gasteiger partial charge in [0.25, 0.3) is 0 Å². The quantitative estimate of drug-likeness (QED) is 0.852. The summed E-state index contributed by atoms with van der Waals surface area (Å²) in [5, 5.41) is 2.35. The summed E-state index contributed by atoms with van der Waals surface area (Å²) in [4.78, 5) is 0. The second kappa shape index (κ2) is 5.27. The lowest BCUT2D eigenvalue weighted by Crippen LogP contribution is -2.21. The highest BCUT2D eigenvalue weighted by atomic mass is 16.7. The minimum Gasteiger partial charge on any atom is -0.497 e. The minimum atomic E-state index is -0.588. The third kappa shape index (κ3) is 2.69. The molecule has 0 amide bonds. The van der Waals surface area contributed by atoms with E-state index in [0.29, 0.717) is 13.2 Å². The van der Waals surface area contributed by atoms with E-state index in [-0.39, 0.29) is 0 Å². The predicted octanol–water partition coefficient (Wildman–Crippen LogP) is 3.62. The molecule has 1 heterocycles. The van der Waals surface area contributed by atoms with Gasteiger partial charge in [0.1, 0.15) is 5.75 Å². The Morgan fingerprint density at radius 2 is 1.75 bits per heavy atom. The summed E-state index contributed by atoms with van der Waals surface area (Å²) in [6.07, 6.45) is 4.00. The van der Waals surface area contributed by atoms with E-state index in [1.165, 1.54) is 10.8 Å². The SMILES string of the molecule is COc1ccc2cc(/C=C/C3(C)OCCO3)ccc2c1. The molecule has 0 atom stereocenters. The average Bonchev–Trinajstić information content (AvgIpc) is 2.91. The number of rotatable bonds is 3. The van der Waals surface area contributed by atoms with E-state index in [0.717, 1.165) is 11.3 Å². The molecular weight excluding hydrogens is 252 g/mol. The lowest BCUT2D eigenvalue weighted by Gasteiger charge is -2.17. The van der Waals surface area contributed by atoms with Gasteiger partial charge in [-0.25, -0.2) is 0 Å². The van der Waals surface area contributed by atoms with Gasteiger partial charge in [-0.1, -0.05) is 24.3 Å². The molecule has 0 spiro atoms. The van der Waals surface area contributed by atoms with Gasteiger partial charge in [-0.05, 0) is 47.5 Å². The lowest BCUT2D eigenvalue weighted by atomic mass is 10.1. The number of hydrogen-bond donors (Lipinski definition) is 0. The molecule has 1 aliphatic heterocycles. The van der Waals surface area contributed by atoms with Crippen LogP contribution >= 0.6 is 0 Å². The second-order valence-electron chi connectivity index (χ2n) is 5.02. The van der Waals surface area contributed by atoms with Gasteiger partial charge >= 0.3 is 0 Å². The smallest absolute Gasteiger partial charge is 0.185 e. The topological polar surface area (TPSA) is 27.7 Å². The molecular formula is C17H18O3. The largest absolute Gasteiger partial charge is 0.497 e. The summed E-state index contributed by atoms with van der Waals surface area (Å²) in [6.45, 7) is 3.24. The summed E-state index contributed by atoms with van der Waals surface area (Å²) in [5.41, 5.74) is 1.13. The van der Waals surface area contributed by atoms with Gasteiger partial charge in [0.15, 0.2) is 5.79 Å². The number of ether oxygens (including phenoxy) is 3. The van der Waals surface area contributed by atoms with Crippen molar-refractivity contribution in [2.75, 3.05) is 20.3 Å². The first-order chi connectivity index (χ1) is 9.68. The Balaban J connectivity index is 1.87. The maximum Gasteiger partial charge on any atom is 0.185 e. The van der Waals surface area contributed by atoms with Gasteiger partial charge in [0, 0.05) is 0 Å². The summed E-state index contributed by atoms with van der Waals surface area (Å²) in [7, 11) is 1.68. The van der Waals surface area contributed by atoms with Crippen LogP contribution in [0.5, 0.6) is 5.75 Å². The molecule has 0 saturated carbocycles. The molecule has 0 N–H and O–H groups in total. The predicted molar refractivity (Wildman–Crippen MR) is 79.8 cm³/mol. The molecule has 104 valence electrons. The van der Waals surface area contributed by atoms with Gasteiger partial charge in [0.05, 0.1) is 20.3 Å². The number of methoxy groups -OCH3 is 1. The minimum absolute atomic E-state index is 0.588. The van der Waals surface area contributed by atoms with Crippen molar-refractivity contribution in [3.63, 3.8) is 0 Å². The Hall–Kier alpha value is -1.84. The second-order valence-corrected chi connectivity index (χ2v) is 5.02. The molecule has 0 aliphatic carbocycles. The summed E-state index contributed by atoms with van der Waals surface area (Å²) < 4.78 is 16.3. The molecule has 1 fully saturated rings. The highest BCUT2D eigenvalue weighted by Crippen LogP contribution is 2.24. The molecule has 20 heavy (non-hydrogen) atoms. The first-order valence-corrected chi connectivity index (χ1v) is 6.73. The van der Waals surface area contributed by atoms with Gasteiger partial charge < -0.3 is 14.2 Å². The average molecular weight is 270 g/mol. The van der Waals surface area contributed by atoms with E-state index in [2.05, 4.69) is 24.3 Å². The molecule has 3 nitrogen and oxygen atoms in total. The maximum absolute atomic E-state index is 5.55. The van der Waals surface area contributed by atoms with Crippen LogP contribution < -0.4 is 4.74 Å². The molecule has 1 aliphatic rings. The zero-order chi connectivity index (χ0) is 14.0. The summed E-state index contributed by atoms with van der Waals surface area (Å²) in [5.74, 6) is 0.288. The van der Waals surface area contributed by atoms with Crippen molar-refractivity contribution in [2.45, 2.75) is 12.7 Å². The van der Waals surface area contributed by atoms with Crippen molar-refractivity contribution < 1.29 is 14.2 Å². The van der Waals surface area contributed by atoms with E-state index in [9.17, 15) is 0 Å². The lowest BCUT2D eigenvalue weighted by molar-refractivity contribution is -0.0990. The normalized spacial score (nSPS) is 17.9. The third-order valence-corrected chi connectivity index (χ3v) is 3.51. The molecule has 2 aromatic carbocycles. The highest BCUT2D eigenvalue weighted by molar-refractivity contribution is 5.86. The Bertz CT molecular complexity index is 640. The summed E-state index contributed by atoms with van der Waals surface area (Å²) >= 11 is 0. The third-order valence-electron chi connectivity index (χ3n) is 3.51. The summed E-state index contributed by atoms with van der Waals surface area (Å²) in [6, 6.07) is 12.4. The van der Waals surface area contributed by atoms with Gasteiger partial charge in [-0.15, -0.1) is 0 Å². The number of benzene rings is 2. The van der Waals surface area contributed by atoms with Crippen LogP contribution in [0.4, 0.5) is 0 Å². The zero-order valence-corrected chi connectivity index (χ0v) is 11.8. The molecule has 1 saturated heterocycles. The fraction of sp³-hybridized carbons (Fsp3) is 0.294. The zero-order valence-electron chi connectivity index (χ0n) is 11.8. The van der Waals surface area contributed by atoms with E-state index in [1.54, 1.807) is 7.11 Å². The van der Waals surface area contributed by atoms with Crippen molar-refractivity contribution >= 4 is 16.8 Å². The molecule has 0 radical (unpaired) electrons. The van der Waals surface area contributed by atoms with Crippen molar-refractivity contribution in [2.24, 2.45) is 0 Å². The Morgan fingerprint density at radius 1 is 1.05 bits per heavy atom. The first kappa shape index (κ1) is 13.2. The van der Waals surface area contributed by atoms with Gasteiger partial charge in [-0.3, -0.25) is 0 Å². The van der Waals surface area contributed by atoms with Crippen molar-refractivity contribution in [3.8, 4) is 5.75 Å². The Kier molecular flexibility index (Phi) is 3.47. The van der Waals surface area contributed by atoms with Crippen molar-refractivity contribution in [1.82, 2.24) is 0 Å². The molecule has 0 unspecified atom stereocenters. The highest BCUT2D eigenvalue weighted by Gasteiger charge is 2.27. The van der Waals surface area contributed by atoms with Crippen LogP contribution in [0.25, 0.3) is 16.8 Å². The monoisotopic (exact) mass is 270 g/mol. The molecule has 3 heteroatoms. The van der Waals surface area contributed by atoms with E-state index < -0.39 is 5.79 Å². The van der Waals surface area contributed by atoms with Crippen LogP contribution in [-0.4, -0.2) is 26.1 Å². The van der Waals surface area contributed by atoms with E-state index >= 15 is 0 Å². The van der Waals surface area contributed by atoms with Crippen LogP contribution in [0.1, 0.15) is 12.5 Å². The first-order valence-electron chi connectivity index (χ1n) is 6.73. The molecule has 0 bridgehead atoms. The standard InChI is InChI=1S/C17H18O3/c1-17(19-9-10-20-17)8-7-13-3-4-15-12-16(18-2)6-5-14(15)11-13/h3-8,11-12H,9-10H2,1-2H3/b8-7+. The van der Waals surface area contributed by atoms with Crippen molar-refractivity contribution in [3.05, 3.63) is 48.0 Å². The Labute approximate surface area is 118 Å². The fourth-order valence-corrected chi connectivity index (χ4v) is 2.35. The van der Waals surface area contributed by atoms with Crippen LogP contribution in [-0.2, 0) is 9.47 Å². The van der Waals surface area contributed by atoms with Crippen molar-refractivity contribution in [1.29, 1.82) is 0 Å². The number of fused-ring (bicyclic) bond motifs is 1. The molecule has 0 aromatic heterocycles. The molecule has 2 aromatic rings. The Morgan fingerprint density at radius 3 is 2.50 bits per heavy atom. The van der Waals surface area contributed by atoms with Gasteiger partial charge in [0.2, 0.25) is 0 Å². The van der Waals surface area contributed by atoms with E-state index in [4.69, 9.17) is 14.2 Å². The fourth-order valence-electron chi connectivity index (χ4n) is 2.35. The van der Waals surface area contributed by atoms with Crippen LogP contribution in [0, 0.1) is 0 Å². The molecule has 3 rings (SSSR count). The van der Waals surface area contributed by atoms with Gasteiger partial charge in [-0.2, -0.15) is 0 Å². The van der Waals surface area contributed by atoms with E-state index in [1.807, 2.05) is 31.2 Å². The van der Waals surface area contributed by atoms with Crippen LogP contribution in [0.2, 0.25) is 0 Å². The number of hydrogen-bond acceptors (Lipinski definition) is 3.